The Kier molecular flexibility index (Phi) is 17.6. The second-order valence-corrected chi connectivity index (χ2v) is 19.1. The van der Waals surface area contributed by atoms with Crippen LogP contribution in [0.1, 0.15) is 116 Å². The van der Waals surface area contributed by atoms with Gasteiger partial charge in [-0.1, -0.05) is 12.8 Å². The predicted octanol–water partition coefficient (Wildman–Crippen LogP) is 3.81. The van der Waals surface area contributed by atoms with Crippen LogP contribution in [0, 0.1) is 0 Å². The molecule has 0 radical (unpaired) electrons. The third-order valence-electron chi connectivity index (χ3n) is 13.1. The van der Waals surface area contributed by atoms with Crippen LogP contribution in [0.25, 0.3) is 0 Å². The number of hydrogen-bond acceptors (Lipinski definition) is 12. The lowest BCUT2D eigenvalue weighted by Crippen LogP contribution is -2.21. The Hall–Kier alpha value is -10.2. The number of nitrogens with one attached hydrogen (secondary N) is 8. The lowest BCUT2D eigenvalue weighted by molar-refractivity contribution is 0.0946. The Morgan fingerprint density at radius 3 is 1.30 bits per heavy atom. The fourth-order valence-electron chi connectivity index (χ4n) is 9.07. The molecule has 81 heavy (non-hydrogen) atoms. The zero-order valence-electron chi connectivity index (χ0n) is 45.8. The maximum atomic E-state index is 13.9. The molecular formula is C53H64N20O8. The van der Waals surface area contributed by atoms with Gasteiger partial charge in [-0.05, 0) is 56.1 Å². The summed E-state index contributed by atoms with van der Waals surface area (Å²) < 4.78 is 13.0. The molecule has 28 heteroatoms. The Morgan fingerprint density at radius 2 is 0.790 bits per heavy atom. The first-order valence-electron chi connectivity index (χ1n) is 25.8. The molecule has 0 aliphatic carbocycles. The molecule has 0 aliphatic heterocycles. The summed E-state index contributed by atoms with van der Waals surface area (Å²) in [5.74, 6) is -3.08. The van der Waals surface area contributed by atoms with Crippen molar-refractivity contribution in [2.75, 3.05) is 52.5 Å². The third kappa shape index (κ3) is 13.4. The number of unbranched alkanes of at least 4 members (excludes halogenated alkanes) is 3. The Balaban J connectivity index is 0.811. The van der Waals surface area contributed by atoms with Crippen molar-refractivity contribution in [3.63, 3.8) is 0 Å². The number of aromatic nitrogens is 11. The van der Waals surface area contributed by atoms with Crippen LogP contribution < -0.4 is 48.3 Å². The monoisotopic (exact) mass is 1110 g/mol. The molecule has 8 aromatic heterocycles. The summed E-state index contributed by atoms with van der Waals surface area (Å²) in [7, 11) is 11.4. The van der Waals surface area contributed by atoms with Gasteiger partial charge in [0.2, 0.25) is 5.82 Å². The zero-order valence-corrected chi connectivity index (χ0v) is 45.8. The first-order valence-corrected chi connectivity index (χ1v) is 25.8. The number of nitrogens with two attached hydrogens (primary N) is 1. The molecule has 0 fully saturated rings. The van der Waals surface area contributed by atoms with Gasteiger partial charge in [0.15, 0.2) is 17.5 Å². The molecule has 424 valence electrons. The van der Waals surface area contributed by atoms with E-state index < -0.39 is 35.4 Å². The maximum absolute atomic E-state index is 13.9. The van der Waals surface area contributed by atoms with Crippen molar-refractivity contribution in [1.82, 2.24) is 62.1 Å². The van der Waals surface area contributed by atoms with Crippen molar-refractivity contribution < 1.29 is 38.4 Å². The number of imidazole rings is 3. The van der Waals surface area contributed by atoms with Crippen molar-refractivity contribution in [1.29, 1.82) is 0 Å². The molecule has 10 N–H and O–H groups in total. The van der Waals surface area contributed by atoms with E-state index in [-0.39, 0.29) is 52.2 Å². The van der Waals surface area contributed by atoms with Gasteiger partial charge in [0.25, 0.3) is 47.3 Å². The van der Waals surface area contributed by atoms with E-state index in [9.17, 15) is 38.4 Å². The van der Waals surface area contributed by atoms with Gasteiger partial charge in [-0.3, -0.25) is 38.4 Å². The minimum absolute atomic E-state index is 0.00487. The van der Waals surface area contributed by atoms with Gasteiger partial charge in [-0.15, -0.1) is 0 Å². The fraction of sp³-hybridized carbons (Fsp3) is 0.302. The summed E-state index contributed by atoms with van der Waals surface area (Å²) in [5.41, 5.74) is 9.14. The van der Waals surface area contributed by atoms with Crippen molar-refractivity contribution in [3.05, 3.63) is 138 Å². The quantitative estimate of drug-likeness (QED) is 0.0390. The van der Waals surface area contributed by atoms with Gasteiger partial charge in [0.1, 0.15) is 28.5 Å². The van der Waals surface area contributed by atoms with E-state index >= 15 is 0 Å². The summed E-state index contributed by atoms with van der Waals surface area (Å²) in [4.78, 5) is 118. The predicted molar refractivity (Wildman–Crippen MR) is 300 cm³/mol. The highest BCUT2D eigenvalue weighted by Crippen LogP contribution is 2.23. The Morgan fingerprint density at radius 1 is 0.395 bits per heavy atom. The Bertz CT molecular complexity index is 3670. The van der Waals surface area contributed by atoms with E-state index in [1.54, 1.807) is 129 Å². The van der Waals surface area contributed by atoms with E-state index in [0.29, 0.717) is 78.8 Å². The molecule has 8 amide bonds. The molecule has 28 nitrogen and oxygen atoms in total. The highest BCUT2D eigenvalue weighted by molar-refractivity contribution is 6.09. The van der Waals surface area contributed by atoms with Crippen LogP contribution >= 0.6 is 0 Å². The van der Waals surface area contributed by atoms with Gasteiger partial charge in [-0.2, -0.15) is 0 Å². The molecule has 0 spiro atoms. The SMILES string of the molecule is CNC(=O)c1cc(NC(=O)c2cc(NC(=O)c3cc(NC(=O)c4nccn4CCCCCCn4cc(NC(=O)c5cc(NC(=O)c6nc(NC(=O)c7nccn7C)cn6C)cn5CCCN)cc4C(=O)NC)cn3C)cn2C)cn1C. The molecule has 8 aromatic rings. The number of nitrogens with zero attached hydrogens (tertiary/aromatic N) is 11. The number of rotatable bonds is 24. The Labute approximate surface area is 464 Å². The normalized spacial score (nSPS) is 11.1. The number of carbonyl (C=O) groups is 8. The van der Waals surface area contributed by atoms with E-state index in [1.807, 2.05) is 0 Å². The van der Waals surface area contributed by atoms with E-state index in [4.69, 9.17) is 5.73 Å². The molecule has 0 aliphatic rings. The highest BCUT2D eigenvalue weighted by Gasteiger charge is 2.24. The number of carbonyl (C=O) groups excluding carboxylic acids is 8. The average molecular weight is 1110 g/mol. The average Bonchev–Trinajstić information content (AvgIpc) is 4.38. The molecule has 8 rings (SSSR count). The molecule has 8 heterocycles. The van der Waals surface area contributed by atoms with Crippen molar-refractivity contribution >= 4 is 81.5 Å². The molecule has 0 unspecified atom stereocenters. The van der Waals surface area contributed by atoms with Crippen LogP contribution in [0.5, 0.6) is 0 Å². The van der Waals surface area contributed by atoms with Crippen LogP contribution in [0.2, 0.25) is 0 Å². The van der Waals surface area contributed by atoms with Gasteiger partial charge < -0.3 is 84.8 Å². The summed E-state index contributed by atoms with van der Waals surface area (Å²) in [5, 5.41) is 22.0. The molecule has 0 aromatic carbocycles. The van der Waals surface area contributed by atoms with Gasteiger partial charge in [0, 0.05) is 131 Å². The van der Waals surface area contributed by atoms with E-state index in [2.05, 4.69) is 57.5 Å². The third-order valence-corrected chi connectivity index (χ3v) is 13.1. The number of anilines is 6. The van der Waals surface area contributed by atoms with Crippen molar-refractivity contribution in [2.45, 2.75) is 51.7 Å². The molecule has 0 saturated heterocycles. The van der Waals surface area contributed by atoms with Crippen LogP contribution in [0.15, 0.2) is 92.3 Å². The number of hydrogen-bond donors (Lipinski definition) is 9. The first-order chi connectivity index (χ1) is 38.8. The van der Waals surface area contributed by atoms with E-state index in [0.717, 1.165) is 19.3 Å². The lowest BCUT2D eigenvalue weighted by atomic mass is 10.2. The maximum Gasteiger partial charge on any atom is 0.292 e. The van der Waals surface area contributed by atoms with Crippen LogP contribution in [0.4, 0.5) is 34.3 Å². The minimum Gasteiger partial charge on any atom is -0.354 e. The second-order valence-electron chi connectivity index (χ2n) is 19.1. The van der Waals surface area contributed by atoms with Crippen molar-refractivity contribution in [2.24, 2.45) is 41.0 Å². The first kappa shape index (κ1) is 56.9. The molecular weight excluding hydrogens is 1040 g/mol. The zero-order chi connectivity index (χ0) is 58.1. The molecule has 0 atom stereocenters. The smallest absolute Gasteiger partial charge is 0.292 e. The largest absolute Gasteiger partial charge is 0.354 e. The standard InChI is InChI=1S/C53H64N20O8/c1-55-46(74)37-21-32(26-67(37)4)59-48(76)38-22-33(27-68(38)5)60-49(77)39-23-34(28-69(39)6)62-52(80)44-58-15-20-71(44)16-10-8-9-11-17-72-29-35(24-40(72)47(75)56-2)61-50(78)41-25-36(30-73(41)18-12-13-54)63-53(81)45-64-42(31-70(45)7)65-51(79)43-57-14-19-66(43)3/h14-15,19-31H,8-13,16-18,54H2,1-7H3,(H,55,74)(H,56,75)(H,59,76)(H,60,77)(H,61,78)(H,62,80)(H,63,81)(H,65,79). The number of amides is 8. The minimum atomic E-state index is -0.582. The summed E-state index contributed by atoms with van der Waals surface area (Å²) in [6.45, 7) is 1.71. The van der Waals surface area contributed by atoms with Crippen LogP contribution in [-0.4, -0.2) is 119 Å². The summed E-state index contributed by atoms with van der Waals surface area (Å²) in [6.07, 6.45) is 19.6. The highest BCUT2D eigenvalue weighted by atomic mass is 16.2. The summed E-state index contributed by atoms with van der Waals surface area (Å²) in [6, 6.07) is 7.75. The second kappa shape index (κ2) is 25.0. The topological polar surface area (TPSA) is 337 Å². The molecule has 0 saturated carbocycles. The number of aryl methyl sites for hydroxylation is 8. The fourth-order valence-corrected chi connectivity index (χ4v) is 9.07. The van der Waals surface area contributed by atoms with Gasteiger partial charge in [0.05, 0.1) is 28.4 Å². The van der Waals surface area contributed by atoms with Crippen LogP contribution in [-0.2, 0) is 54.9 Å². The van der Waals surface area contributed by atoms with Gasteiger partial charge >= 0.3 is 0 Å². The molecule has 0 bridgehead atoms. The van der Waals surface area contributed by atoms with Crippen molar-refractivity contribution in [3.8, 4) is 0 Å². The van der Waals surface area contributed by atoms with E-state index in [1.165, 1.54) is 49.3 Å². The van der Waals surface area contributed by atoms with Crippen LogP contribution in [0.3, 0.4) is 0 Å². The van der Waals surface area contributed by atoms with Gasteiger partial charge in [-0.25, -0.2) is 15.0 Å². The lowest BCUT2D eigenvalue weighted by Gasteiger charge is -2.09. The summed E-state index contributed by atoms with van der Waals surface area (Å²) >= 11 is 0.